The van der Waals surface area contributed by atoms with Gasteiger partial charge in [-0.3, -0.25) is 4.90 Å². The number of hydrogen-bond donors (Lipinski definition) is 0. The van der Waals surface area contributed by atoms with E-state index in [9.17, 15) is 0 Å². The summed E-state index contributed by atoms with van der Waals surface area (Å²) in [6.07, 6.45) is 3.78. The zero-order valence-electron chi connectivity index (χ0n) is 9.59. The van der Waals surface area contributed by atoms with Crippen molar-refractivity contribution in [1.29, 1.82) is 0 Å². The van der Waals surface area contributed by atoms with Gasteiger partial charge in [0.15, 0.2) is 0 Å². The van der Waals surface area contributed by atoms with Crippen LogP contribution in [0.2, 0.25) is 10.0 Å². The summed E-state index contributed by atoms with van der Waals surface area (Å²) in [5.41, 5.74) is 1.15. The number of rotatable bonds is 2. The number of halogens is 2. The quantitative estimate of drug-likeness (QED) is 0.818. The Hall–Kier alpha value is -0.440. The van der Waals surface area contributed by atoms with Gasteiger partial charge in [0.25, 0.3) is 0 Å². The van der Waals surface area contributed by atoms with Crippen molar-refractivity contribution >= 4 is 23.2 Å². The zero-order chi connectivity index (χ0) is 11.8. The fraction of sp³-hybridized carbons (Fsp3) is 0.538. The predicted octanol–water partition coefficient (Wildman–Crippen LogP) is 3.39. The normalized spacial score (nSPS) is 23.8. The number of fused-ring (bicyclic) bond motifs is 1. The molecule has 0 N–H and O–H groups in total. The van der Waals surface area contributed by atoms with Crippen LogP contribution >= 0.6 is 23.2 Å². The molecule has 1 aromatic rings. The Balaban J connectivity index is 1.71. The summed E-state index contributed by atoms with van der Waals surface area (Å²) < 4.78 is 5.92. The van der Waals surface area contributed by atoms with Crippen LogP contribution in [-0.2, 0) is 6.42 Å². The molecule has 0 amide bonds. The fourth-order valence-electron chi connectivity index (χ4n) is 2.71. The van der Waals surface area contributed by atoms with Crippen LogP contribution in [0, 0.1) is 0 Å². The molecule has 0 spiro atoms. The highest BCUT2D eigenvalue weighted by molar-refractivity contribution is 6.35. The minimum Gasteiger partial charge on any atom is -0.487 e. The molecule has 4 heteroatoms. The van der Waals surface area contributed by atoms with E-state index in [4.69, 9.17) is 27.9 Å². The van der Waals surface area contributed by atoms with Crippen molar-refractivity contribution in [2.45, 2.75) is 25.4 Å². The Morgan fingerprint density at radius 2 is 2.00 bits per heavy atom. The molecule has 1 aromatic carbocycles. The molecule has 92 valence electrons. The van der Waals surface area contributed by atoms with Crippen LogP contribution in [0.5, 0.6) is 5.75 Å². The first kappa shape index (κ1) is 11.6. The van der Waals surface area contributed by atoms with Gasteiger partial charge in [-0.15, -0.1) is 0 Å². The Morgan fingerprint density at radius 3 is 2.76 bits per heavy atom. The standard InChI is InChI=1S/C13H15Cl2NO/c14-10-5-9-6-11(8-16-3-1-2-4-16)17-13(9)12(15)7-10/h5,7,11H,1-4,6,8H2. The van der Waals surface area contributed by atoms with Gasteiger partial charge < -0.3 is 4.74 Å². The van der Waals surface area contributed by atoms with Gasteiger partial charge in [-0.25, -0.2) is 0 Å². The van der Waals surface area contributed by atoms with E-state index < -0.39 is 0 Å². The molecular weight excluding hydrogens is 257 g/mol. The van der Waals surface area contributed by atoms with Gasteiger partial charge in [0, 0.05) is 23.6 Å². The number of nitrogens with zero attached hydrogens (tertiary/aromatic N) is 1. The molecule has 0 aliphatic carbocycles. The van der Waals surface area contributed by atoms with Crippen molar-refractivity contribution in [1.82, 2.24) is 4.90 Å². The molecule has 1 fully saturated rings. The van der Waals surface area contributed by atoms with Gasteiger partial charge >= 0.3 is 0 Å². The summed E-state index contributed by atoms with van der Waals surface area (Å²) in [6, 6.07) is 3.72. The first-order chi connectivity index (χ1) is 8.22. The molecule has 2 aliphatic heterocycles. The molecule has 1 atom stereocenters. The molecule has 3 rings (SSSR count). The third kappa shape index (κ3) is 2.40. The molecule has 0 bridgehead atoms. The maximum atomic E-state index is 6.13. The molecule has 17 heavy (non-hydrogen) atoms. The van der Waals surface area contributed by atoms with E-state index in [1.54, 1.807) is 6.07 Å². The van der Waals surface area contributed by atoms with Crippen LogP contribution in [0.25, 0.3) is 0 Å². The predicted molar refractivity (Wildman–Crippen MR) is 70.3 cm³/mol. The van der Waals surface area contributed by atoms with Gasteiger partial charge in [0.05, 0.1) is 5.02 Å². The lowest BCUT2D eigenvalue weighted by Crippen LogP contribution is -2.32. The summed E-state index contributed by atoms with van der Waals surface area (Å²) in [4.78, 5) is 2.46. The van der Waals surface area contributed by atoms with E-state index in [0.717, 1.165) is 24.3 Å². The van der Waals surface area contributed by atoms with E-state index in [1.807, 2.05) is 6.07 Å². The third-order valence-electron chi connectivity index (χ3n) is 3.48. The van der Waals surface area contributed by atoms with Gasteiger partial charge in [-0.1, -0.05) is 23.2 Å². The molecule has 1 unspecified atom stereocenters. The van der Waals surface area contributed by atoms with Gasteiger partial charge in [0.1, 0.15) is 11.9 Å². The summed E-state index contributed by atoms with van der Waals surface area (Å²) in [7, 11) is 0. The second kappa shape index (κ2) is 4.68. The maximum Gasteiger partial charge on any atom is 0.141 e. The van der Waals surface area contributed by atoms with Gasteiger partial charge in [0.2, 0.25) is 0 Å². The summed E-state index contributed by atoms with van der Waals surface area (Å²) >= 11 is 12.1. The van der Waals surface area contributed by atoms with Crippen LogP contribution in [0.3, 0.4) is 0 Å². The average molecular weight is 272 g/mol. The molecule has 2 aliphatic rings. The smallest absolute Gasteiger partial charge is 0.141 e. The molecular formula is C13H15Cl2NO. The number of hydrogen-bond acceptors (Lipinski definition) is 2. The summed E-state index contributed by atoms with van der Waals surface area (Å²) in [6.45, 7) is 3.40. The fourth-order valence-corrected chi connectivity index (χ4v) is 3.29. The highest BCUT2D eigenvalue weighted by atomic mass is 35.5. The number of ether oxygens (including phenoxy) is 1. The molecule has 2 nitrogen and oxygen atoms in total. The Bertz CT molecular complexity index is 430. The molecule has 0 radical (unpaired) electrons. The van der Waals surface area contributed by atoms with Crippen molar-refractivity contribution in [3.63, 3.8) is 0 Å². The minimum atomic E-state index is 0.235. The molecule has 0 aromatic heterocycles. The van der Waals surface area contributed by atoms with Crippen molar-refractivity contribution < 1.29 is 4.74 Å². The van der Waals surface area contributed by atoms with Crippen LogP contribution in [0.15, 0.2) is 12.1 Å². The SMILES string of the molecule is Clc1cc(Cl)c2c(c1)CC(CN1CCCC1)O2. The van der Waals surface area contributed by atoms with E-state index in [1.165, 1.54) is 25.9 Å². The Morgan fingerprint density at radius 1 is 1.24 bits per heavy atom. The summed E-state index contributed by atoms with van der Waals surface area (Å²) in [5.74, 6) is 0.834. The lowest BCUT2D eigenvalue weighted by atomic mass is 10.1. The number of benzene rings is 1. The van der Waals surface area contributed by atoms with Crippen molar-refractivity contribution in [2.75, 3.05) is 19.6 Å². The monoisotopic (exact) mass is 271 g/mol. The topological polar surface area (TPSA) is 12.5 Å². The van der Waals surface area contributed by atoms with E-state index >= 15 is 0 Å². The second-order valence-electron chi connectivity index (χ2n) is 4.83. The van der Waals surface area contributed by atoms with E-state index in [0.29, 0.717) is 10.0 Å². The Labute approximate surface area is 111 Å². The third-order valence-corrected chi connectivity index (χ3v) is 3.98. The van der Waals surface area contributed by atoms with Crippen molar-refractivity contribution in [3.8, 4) is 5.75 Å². The minimum absolute atomic E-state index is 0.235. The van der Waals surface area contributed by atoms with Crippen LogP contribution in [-0.4, -0.2) is 30.6 Å². The highest BCUT2D eigenvalue weighted by Gasteiger charge is 2.28. The van der Waals surface area contributed by atoms with Crippen LogP contribution in [0.1, 0.15) is 18.4 Å². The highest BCUT2D eigenvalue weighted by Crippen LogP contribution is 2.38. The summed E-state index contributed by atoms with van der Waals surface area (Å²) in [5, 5.41) is 1.33. The maximum absolute atomic E-state index is 6.13. The number of likely N-dealkylation sites (tertiary alicyclic amines) is 1. The van der Waals surface area contributed by atoms with Crippen LogP contribution in [0.4, 0.5) is 0 Å². The lowest BCUT2D eigenvalue weighted by Gasteiger charge is -2.19. The zero-order valence-corrected chi connectivity index (χ0v) is 11.1. The lowest BCUT2D eigenvalue weighted by molar-refractivity contribution is 0.168. The average Bonchev–Trinajstić information content (AvgIpc) is 2.87. The molecule has 2 heterocycles. The van der Waals surface area contributed by atoms with E-state index in [-0.39, 0.29) is 6.10 Å². The van der Waals surface area contributed by atoms with Gasteiger partial charge in [-0.05, 0) is 38.1 Å². The van der Waals surface area contributed by atoms with Crippen molar-refractivity contribution in [2.24, 2.45) is 0 Å². The van der Waals surface area contributed by atoms with Crippen LogP contribution < -0.4 is 4.74 Å². The molecule has 1 saturated heterocycles. The molecule has 0 saturated carbocycles. The van der Waals surface area contributed by atoms with E-state index in [2.05, 4.69) is 4.90 Å². The first-order valence-electron chi connectivity index (χ1n) is 6.09. The Kier molecular flexibility index (Phi) is 3.20. The van der Waals surface area contributed by atoms with Crippen molar-refractivity contribution in [3.05, 3.63) is 27.7 Å². The van der Waals surface area contributed by atoms with Gasteiger partial charge in [-0.2, -0.15) is 0 Å². The first-order valence-corrected chi connectivity index (χ1v) is 6.85. The largest absolute Gasteiger partial charge is 0.487 e. The second-order valence-corrected chi connectivity index (χ2v) is 5.67.